The maximum Gasteiger partial charge on any atom is 0.322 e. The van der Waals surface area contributed by atoms with Gasteiger partial charge in [0.1, 0.15) is 0 Å². The molecule has 0 spiro atoms. The lowest BCUT2D eigenvalue weighted by molar-refractivity contribution is 0.112. The van der Waals surface area contributed by atoms with E-state index in [0.29, 0.717) is 35.7 Å². The molecule has 22 heavy (non-hydrogen) atoms. The smallest absolute Gasteiger partial charge is 0.322 e. The average Bonchev–Trinajstić information content (AvgIpc) is 2.85. The van der Waals surface area contributed by atoms with Gasteiger partial charge in [-0.05, 0) is 11.6 Å². The summed E-state index contributed by atoms with van der Waals surface area (Å²) in [6, 6.07) is 1.41. The second-order valence-corrected chi connectivity index (χ2v) is 5.92. The molecule has 0 aromatic carbocycles. The Morgan fingerprint density at radius 2 is 2.23 bits per heavy atom. The van der Waals surface area contributed by atoms with Gasteiger partial charge in [-0.3, -0.25) is 4.90 Å². The van der Waals surface area contributed by atoms with Crippen LogP contribution in [0.1, 0.15) is 23.6 Å². The number of carbonyl (C=O) groups excluding carboxylic acids is 1. The van der Waals surface area contributed by atoms with Gasteiger partial charge in [0.25, 0.3) is 5.92 Å². The summed E-state index contributed by atoms with van der Waals surface area (Å²) in [7, 11) is 0. The van der Waals surface area contributed by atoms with E-state index in [-0.39, 0.29) is 18.3 Å². The van der Waals surface area contributed by atoms with Crippen molar-refractivity contribution in [1.29, 1.82) is 0 Å². The molecular formula is C14H13ClF2N4O. The fourth-order valence-corrected chi connectivity index (χ4v) is 3.01. The summed E-state index contributed by atoms with van der Waals surface area (Å²) in [5.41, 5.74) is 2.26. The molecule has 0 radical (unpaired) electrons. The van der Waals surface area contributed by atoms with Gasteiger partial charge in [0.2, 0.25) is 0 Å². The van der Waals surface area contributed by atoms with Crippen LogP contribution >= 0.6 is 11.6 Å². The molecule has 1 aliphatic heterocycles. The van der Waals surface area contributed by atoms with E-state index >= 15 is 0 Å². The van der Waals surface area contributed by atoms with Gasteiger partial charge in [-0.15, -0.1) is 11.6 Å². The highest BCUT2D eigenvalue weighted by Gasteiger charge is 2.57. The number of hydrogen-bond donors (Lipinski definition) is 1. The van der Waals surface area contributed by atoms with Crippen molar-refractivity contribution in [2.24, 2.45) is 0 Å². The van der Waals surface area contributed by atoms with Crippen molar-refractivity contribution in [3.05, 3.63) is 29.7 Å². The van der Waals surface area contributed by atoms with Crippen molar-refractivity contribution in [2.75, 3.05) is 18.0 Å². The predicted octanol–water partition coefficient (Wildman–Crippen LogP) is 2.73. The number of pyridine rings is 1. The van der Waals surface area contributed by atoms with E-state index in [9.17, 15) is 13.6 Å². The minimum absolute atomic E-state index is 0.152. The fraction of sp³-hybridized carbons (Fsp3) is 0.429. The van der Waals surface area contributed by atoms with Gasteiger partial charge < -0.3 is 9.72 Å². The van der Waals surface area contributed by atoms with E-state index in [0.717, 1.165) is 0 Å². The zero-order valence-electron chi connectivity index (χ0n) is 11.5. The molecule has 2 fully saturated rings. The van der Waals surface area contributed by atoms with Crippen LogP contribution in [0.15, 0.2) is 18.5 Å². The van der Waals surface area contributed by atoms with Gasteiger partial charge in [0, 0.05) is 31.9 Å². The van der Waals surface area contributed by atoms with Crippen LogP contribution in [0.5, 0.6) is 0 Å². The molecular weight excluding hydrogens is 314 g/mol. The molecule has 116 valence electrons. The maximum absolute atomic E-state index is 13.4. The number of hydrogen-bond acceptors (Lipinski definition) is 2. The van der Waals surface area contributed by atoms with Gasteiger partial charge in [-0.2, -0.15) is 0 Å². The summed E-state index contributed by atoms with van der Waals surface area (Å²) >= 11 is 5.81. The molecule has 2 aromatic heterocycles. The first-order chi connectivity index (χ1) is 10.5. The monoisotopic (exact) mass is 326 g/mol. The zero-order chi connectivity index (χ0) is 15.5. The SMILES string of the molecule is O=C1NCCN1c1cc(C2CC2(F)F)cn2cc(CCl)nc12. The first kappa shape index (κ1) is 13.8. The lowest BCUT2D eigenvalue weighted by atomic mass is 10.1. The van der Waals surface area contributed by atoms with Crippen LogP contribution in [0.4, 0.5) is 19.3 Å². The van der Waals surface area contributed by atoms with Gasteiger partial charge in [0.15, 0.2) is 5.65 Å². The van der Waals surface area contributed by atoms with Gasteiger partial charge in [-0.25, -0.2) is 18.6 Å². The van der Waals surface area contributed by atoms with Crippen LogP contribution < -0.4 is 10.2 Å². The highest BCUT2D eigenvalue weighted by Crippen LogP contribution is 2.56. The number of imidazole rings is 1. The summed E-state index contributed by atoms with van der Waals surface area (Å²) in [5, 5.41) is 2.71. The Kier molecular flexibility index (Phi) is 2.84. The first-order valence-electron chi connectivity index (χ1n) is 7.00. The minimum Gasteiger partial charge on any atom is -0.336 e. The number of nitrogens with one attached hydrogen (secondary N) is 1. The van der Waals surface area contributed by atoms with E-state index < -0.39 is 11.8 Å². The molecule has 1 atom stereocenters. The lowest BCUT2D eigenvalue weighted by Gasteiger charge is -2.16. The number of aromatic nitrogens is 2. The van der Waals surface area contributed by atoms with Crippen LogP contribution in [0, 0.1) is 0 Å². The highest BCUT2D eigenvalue weighted by atomic mass is 35.5. The molecule has 2 aliphatic rings. The number of fused-ring (bicyclic) bond motifs is 1. The second-order valence-electron chi connectivity index (χ2n) is 5.66. The van der Waals surface area contributed by atoms with Crippen molar-refractivity contribution in [2.45, 2.75) is 24.1 Å². The Labute approximate surface area is 129 Å². The normalized spacial score (nSPS) is 23.1. The second kappa shape index (κ2) is 4.55. The van der Waals surface area contributed by atoms with E-state index in [1.807, 2.05) is 0 Å². The number of halogens is 3. The third-order valence-electron chi connectivity index (χ3n) is 4.12. The molecule has 2 aromatic rings. The molecule has 1 saturated carbocycles. The third-order valence-corrected chi connectivity index (χ3v) is 4.39. The average molecular weight is 327 g/mol. The highest BCUT2D eigenvalue weighted by molar-refractivity contribution is 6.16. The molecule has 1 unspecified atom stereocenters. The number of rotatable bonds is 3. The first-order valence-corrected chi connectivity index (χ1v) is 7.54. The molecule has 5 nitrogen and oxygen atoms in total. The standard InChI is InChI=1S/C14H13ClF2N4O/c15-5-9-7-20-6-8(10-4-14(10,16)17)3-11(12(20)19-9)21-2-1-18-13(21)22/h3,6-7,10H,1-2,4-5H2,(H,18,22). The number of alkyl halides is 3. The topological polar surface area (TPSA) is 49.6 Å². The van der Waals surface area contributed by atoms with Crippen LogP contribution in [0.25, 0.3) is 5.65 Å². The van der Waals surface area contributed by atoms with Crippen LogP contribution in [-0.4, -0.2) is 34.4 Å². The maximum atomic E-state index is 13.4. The summed E-state index contributed by atoms with van der Waals surface area (Å²) in [4.78, 5) is 17.8. The van der Waals surface area contributed by atoms with E-state index in [4.69, 9.17) is 11.6 Å². The van der Waals surface area contributed by atoms with E-state index in [1.165, 1.54) is 4.90 Å². The number of anilines is 1. The van der Waals surface area contributed by atoms with Gasteiger partial charge in [-0.1, -0.05) is 0 Å². The fourth-order valence-electron chi connectivity index (χ4n) is 2.88. The van der Waals surface area contributed by atoms with E-state index in [1.54, 1.807) is 22.9 Å². The van der Waals surface area contributed by atoms with Crippen molar-refractivity contribution in [3.8, 4) is 0 Å². The molecule has 8 heteroatoms. The third kappa shape index (κ3) is 2.03. The lowest BCUT2D eigenvalue weighted by Crippen LogP contribution is -2.28. The summed E-state index contributed by atoms with van der Waals surface area (Å²) in [6.07, 6.45) is 3.21. The molecule has 1 N–H and O–H groups in total. The molecule has 1 aliphatic carbocycles. The molecule has 2 amide bonds. The van der Waals surface area contributed by atoms with Crippen LogP contribution in [0.2, 0.25) is 0 Å². The Balaban J connectivity index is 1.88. The number of urea groups is 1. The van der Waals surface area contributed by atoms with Crippen molar-refractivity contribution in [1.82, 2.24) is 14.7 Å². The Hall–Kier alpha value is -1.89. The molecule has 3 heterocycles. The van der Waals surface area contributed by atoms with Crippen molar-refractivity contribution in [3.63, 3.8) is 0 Å². The number of nitrogens with zero attached hydrogens (tertiary/aromatic N) is 3. The molecule has 4 rings (SSSR count). The van der Waals surface area contributed by atoms with Gasteiger partial charge in [0.05, 0.1) is 23.2 Å². The zero-order valence-corrected chi connectivity index (χ0v) is 12.3. The quantitative estimate of drug-likeness (QED) is 0.882. The number of amides is 2. The molecule has 0 bridgehead atoms. The summed E-state index contributed by atoms with van der Waals surface area (Å²) in [6.45, 7) is 1.01. The van der Waals surface area contributed by atoms with Crippen LogP contribution in [0.3, 0.4) is 0 Å². The van der Waals surface area contributed by atoms with Crippen molar-refractivity contribution >= 4 is 29.0 Å². The Bertz CT molecular complexity index is 776. The predicted molar refractivity (Wildman–Crippen MR) is 77.8 cm³/mol. The summed E-state index contributed by atoms with van der Waals surface area (Å²) in [5.74, 6) is -3.22. The van der Waals surface area contributed by atoms with E-state index in [2.05, 4.69) is 10.3 Å². The van der Waals surface area contributed by atoms with Crippen LogP contribution in [-0.2, 0) is 5.88 Å². The van der Waals surface area contributed by atoms with Gasteiger partial charge >= 0.3 is 6.03 Å². The molecule has 1 saturated heterocycles. The number of carbonyl (C=O) groups is 1. The summed E-state index contributed by atoms with van der Waals surface area (Å²) < 4.78 is 28.5. The Morgan fingerprint density at radius 1 is 1.45 bits per heavy atom. The Morgan fingerprint density at radius 3 is 2.82 bits per heavy atom. The minimum atomic E-state index is -2.66. The van der Waals surface area contributed by atoms with Crippen molar-refractivity contribution < 1.29 is 13.6 Å². The largest absolute Gasteiger partial charge is 0.336 e.